The minimum absolute atomic E-state index is 0.116. The summed E-state index contributed by atoms with van der Waals surface area (Å²) in [6.45, 7) is 2.09. The molecule has 0 radical (unpaired) electrons. The van der Waals surface area contributed by atoms with E-state index in [1.807, 2.05) is 48.5 Å². The second-order valence-electron chi connectivity index (χ2n) is 5.79. The third-order valence-electron chi connectivity index (χ3n) is 4.23. The van der Waals surface area contributed by atoms with Crippen LogP contribution >= 0.6 is 0 Å². The fraction of sp³-hybridized carbons (Fsp3) is 0.0476. The molecule has 1 aromatic heterocycles. The smallest absolute Gasteiger partial charge is 0.259 e. The van der Waals surface area contributed by atoms with Crippen molar-refractivity contribution in [3.8, 4) is 22.5 Å². The molecule has 0 amide bonds. The maximum atomic E-state index is 12.4. The van der Waals surface area contributed by atoms with E-state index in [4.69, 9.17) is 0 Å². The van der Waals surface area contributed by atoms with Gasteiger partial charge >= 0.3 is 0 Å². The van der Waals surface area contributed by atoms with Crippen LogP contribution in [0.3, 0.4) is 0 Å². The SMILES string of the molecule is Cc1ccccc1-c1ccccc1-c1nc2ccccc2c(=O)[nH]1. The topological polar surface area (TPSA) is 45.8 Å². The molecule has 0 unspecified atom stereocenters. The number of hydrogen-bond donors (Lipinski definition) is 1. The van der Waals surface area contributed by atoms with Gasteiger partial charge < -0.3 is 4.98 Å². The van der Waals surface area contributed by atoms with Crippen molar-refractivity contribution in [2.45, 2.75) is 6.92 Å². The van der Waals surface area contributed by atoms with Crippen molar-refractivity contribution in [1.82, 2.24) is 9.97 Å². The molecule has 116 valence electrons. The Morgan fingerprint density at radius 3 is 2.17 bits per heavy atom. The number of nitrogens with one attached hydrogen (secondary N) is 1. The molecule has 3 heteroatoms. The number of rotatable bonds is 2. The fourth-order valence-electron chi connectivity index (χ4n) is 3.01. The molecule has 0 bridgehead atoms. The zero-order valence-electron chi connectivity index (χ0n) is 13.3. The quantitative estimate of drug-likeness (QED) is 0.589. The normalized spacial score (nSPS) is 10.9. The molecule has 0 fully saturated rings. The van der Waals surface area contributed by atoms with E-state index in [9.17, 15) is 4.79 Å². The molecule has 0 atom stereocenters. The average molecular weight is 312 g/mol. The highest BCUT2D eigenvalue weighted by molar-refractivity contribution is 5.85. The lowest BCUT2D eigenvalue weighted by molar-refractivity contribution is 1.18. The third-order valence-corrected chi connectivity index (χ3v) is 4.23. The van der Waals surface area contributed by atoms with Gasteiger partial charge in [0.15, 0.2) is 0 Å². The summed E-state index contributed by atoms with van der Waals surface area (Å²) in [4.78, 5) is 20.0. The van der Waals surface area contributed by atoms with Gasteiger partial charge in [-0.3, -0.25) is 4.79 Å². The van der Waals surface area contributed by atoms with Crippen molar-refractivity contribution in [2.75, 3.05) is 0 Å². The number of benzene rings is 3. The highest BCUT2D eigenvalue weighted by Gasteiger charge is 2.12. The molecule has 0 spiro atoms. The zero-order chi connectivity index (χ0) is 16.5. The fourth-order valence-corrected chi connectivity index (χ4v) is 3.01. The van der Waals surface area contributed by atoms with Crippen LogP contribution in [0.1, 0.15) is 5.56 Å². The number of para-hydroxylation sites is 1. The minimum Gasteiger partial charge on any atom is -0.306 e. The van der Waals surface area contributed by atoms with Gasteiger partial charge in [-0.25, -0.2) is 4.98 Å². The predicted octanol–water partition coefficient (Wildman–Crippen LogP) is 4.57. The molecule has 1 heterocycles. The lowest BCUT2D eigenvalue weighted by atomic mass is 9.95. The Labute approximate surface area is 139 Å². The van der Waals surface area contributed by atoms with E-state index in [1.54, 1.807) is 6.07 Å². The van der Waals surface area contributed by atoms with E-state index >= 15 is 0 Å². The van der Waals surface area contributed by atoms with Gasteiger partial charge in [0.1, 0.15) is 5.82 Å². The maximum Gasteiger partial charge on any atom is 0.259 e. The van der Waals surface area contributed by atoms with Crippen LogP contribution in [0.5, 0.6) is 0 Å². The minimum atomic E-state index is -0.116. The molecule has 1 N–H and O–H groups in total. The van der Waals surface area contributed by atoms with E-state index in [1.165, 1.54) is 5.56 Å². The Hall–Kier alpha value is -3.20. The summed E-state index contributed by atoms with van der Waals surface area (Å²) in [5, 5.41) is 0.606. The average Bonchev–Trinajstić information content (AvgIpc) is 2.62. The molecule has 4 rings (SSSR count). The lowest BCUT2D eigenvalue weighted by Gasteiger charge is -2.12. The van der Waals surface area contributed by atoms with Crippen molar-refractivity contribution in [2.24, 2.45) is 0 Å². The van der Waals surface area contributed by atoms with Gasteiger partial charge in [-0.1, -0.05) is 60.7 Å². The Morgan fingerprint density at radius 1 is 0.750 bits per heavy atom. The lowest BCUT2D eigenvalue weighted by Crippen LogP contribution is -2.09. The van der Waals surface area contributed by atoms with Crippen LogP contribution in [-0.2, 0) is 0 Å². The van der Waals surface area contributed by atoms with Gasteiger partial charge in [-0.15, -0.1) is 0 Å². The van der Waals surface area contributed by atoms with Crippen LogP contribution in [0, 0.1) is 6.92 Å². The number of aromatic amines is 1. The van der Waals surface area contributed by atoms with E-state index in [2.05, 4.69) is 35.1 Å². The second-order valence-corrected chi connectivity index (χ2v) is 5.79. The third kappa shape index (κ3) is 2.40. The van der Waals surface area contributed by atoms with Crippen LogP contribution in [0.2, 0.25) is 0 Å². The summed E-state index contributed by atoms with van der Waals surface area (Å²) < 4.78 is 0. The summed E-state index contributed by atoms with van der Waals surface area (Å²) in [6, 6.07) is 23.6. The molecule has 3 aromatic carbocycles. The second kappa shape index (κ2) is 5.78. The van der Waals surface area contributed by atoms with Gasteiger partial charge in [0.05, 0.1) is 10.9 Å². The molecule has 3 nitrogen and oxygen atoms in total. The van der Waals surface area contributed by atoms with Crippen LogP contribution < -0.4 is 5.56 Å². The predicted molar refractivity (Wildman–Crippen MR) is 98.0 cm³/mol. The Morgan fingerprint density at radius 2 is 1.38 bits per heavy atom. The summed E-state index contributed by atoms with van der Waals surface area (Å²) in [5.74, 6) is 0.595. The number of nitrogens with zero attached hydrogens (tertiary/aromatic N) is 1. The first kappa shape index (κ1) is 14.4. The van der Waals surface area contributed by atoms with Gasteiger partial charge in [-0.05, 0) is 35.7 Å². The first-order valence-electron chi connectivity index (χ1n) is 7.88. The first-order chi connectivity index (χ1) is 11.7. The van der Waals surface area contributed by atoms with Crippen molar-refractivity contribution in [3.05, 3.63) is 88.7 Å². The zero-order valence-corrected chi connectivity index (χ0v) is 13.3. The van der Waals surface area contributed by atoms with Crippen molar-refractivity contribution in [3.63, 3.8) is 0 Å². The summed E-state index contributed by atoms with van der Waals surface area (Å²) in [6.07, 6.45) is 0. The van der Waals surface area contributed by atoms with Crippen molar-refractivity contribution >= 4 is 10.9 Å². The number of H-pyrrole nitrogens is 1. The van der Waals surface area contributed by atoms with E-state index in [0.29, 0.717) is 16.7 Å². The molecule has 0 aliphatic heterocycles. The largest absolute Gasteiger partial charge is 0.306 e. The number of aryl methyl sites for hydroxylation is 1. The summed E-state index contributed by atoms with van der Waals surface area (Å²) in [7, 11) is 0. The van der Waals surface area contributed by atoms with Gasteiger partial charge in [0.2, 0.25) is 0 Å². The molecular weight excluding hydrogens is 296 g/mol. The molecule has 0 saturated heterocycles. The maximum absolute atomic E-state index is 12.4. The molecule has 4 aromatic rings. The van der Waals surface area contributed by atoms with Crippen molar-refractivity contribution in [1.29, 1.82) is 0 Å². The van der Waals surface area contributed by atoms with Gasteiger partial charge in [0.25, 0.3) is 5.56 Å². The van der Waals surface area contributed by atoms with E-state index < -0.39 is 0 Å². The molecule has 0 saturated carbocycles. The molecule has 0 aliphatic carbocycles. The summed E-state index contributed by atoms with van der Waals surface area (Å²) in [5.41, 5.74) is 4.91. The number of fused-ring (bicyclic) bond motifs is 1. The van der Waals surface area contributed by atoms with E-state index in [-0.39, 0.29) is 5.56 Å². The van der Waals surface area contributed by atoms with Crippen LogP contribution in [0.25, 0.3) is 33.4 Å². The van der Waals surface area contributed by atoms with Crippen LogP contribution in [0.15, 0.2) is 77.6 Å². The molecular formula is C21H16N2O. The molecule has 0 aliphatic rings. The van der Waals surface area contributed by atoms with Gasteiger partial charge in [0, 0.05) is 5.56 Å². The van der Waals surface area contributed by atoms with E-state index in [0.717, 1.165) is 16.7 Å². The molecule has 24 heavy (non-hydrogen) atoms. The number of aromatic nitrogens is 2. The van der Waals surface area contributed by atoms with Crippen LogP contribution in [-0.4, -0.2) is 9.97 Å². The number of hydrogen-bond acceptors (Lipinski definition) is 2. The Bertz CT molecular complexity index is 1100. The van der Waals surface area contributed by atoms with Crippen molar-refractivity contribution < 1.29 is 0 Å². The van der Waals surface area contributed by atoms with Gasteiger partial charge in [-0.2, -0.15) is 0 Å². The highest BCUT2D eigenvalue weighted by atomic mass is 16.1. The monoisotopic (exact) mass is 312 g/mol. The first-order valence-corrected chi connectivity index (χ1v) is 7.88. The highest BCUT2D eigenvalue weighted by Crippen LogP contribution is 2.32. The van der Waals surface area contributed by atoms with Crippen LogP contribution in [0.4, 0.5) is 0 Å². The Kier molecular flexibility index (Phi) is 3.47. The standard InChI is InChI=1S/C21H16N2O/c1-14-8-2-3-9-15(14)16-10-4-5-11-17(16)20-22-19-13-7-6-12-18(19)21(24)23-20/h2-13H,1H3,(H,22,23,24). The Balaban J connectivity index is 1.99. The summed E-state index contributed by atoms with van der Waals surface area (Å²) >= 11 is 0.